The van der Waals surface area contributed by atoms with Crippen LogP contribution < -0.4 is 0 Å². The summed E-state index contributed by atoms with van der Waals surface area (Å²) in [5.41, 5.74) is -0.0226. The first-order chi connectivity index (χ1) is 6.41. The van der Waals surface area contributed by atoms with E-state index in [1.54, 1.807) is 6.92 Å². The molecule has 3 nitrogen and oxygen atoms in total. The lowest BCUT2D eigenvalue weighted by Crippen LogP contribution is -2.44. The van der Waals surface area contributed by atoms with Gasteiger partial charge < -0.3 is 9.31 Å². The number of Topliss-reactive ketones (excluding diaryl/α,β-unsaturated/α-hetero) is 1. The molecule has 4 heteroatoms. The van der Waals surface area contributed by atoms with E-state index in [1.807, 2.05) is 13.8 Å². The van der Waals surface area contributed by atoms with Crippen LogP contribution in [0.1, 0.15) is 27.7 Å². The predicted molar refractivity (Wildman–Crippen MR) is 56.1 cm³/mol. The molecule has 1 heterocycles. The van der Waals surface area contributed by atoms with Gasteiger partial charge in [0.05, 0.1) is 6.10 Å². The second kappa shape index (κ2) is 3.87. The van der Waals surface area contributed by atoms with Gasteiger partial charge in [0.1, 0.15) is 5.60 Å². The summed E-state index contributed by atoms with van der Waals surface area (Å²) in [7, 11) is -0.286. The molecule has 14 heavy (non-hydrogen) atoms. The lowest BCUT2D eigenvalue weighted by atomic mass is 9.86. The molecule has 2 atom stereocenters. The summed E-state index contributed by atoms with van der Waals surface area (Å²) >= 11 is 0. The smallest absolute Gasteiger partial charge is 0.401 e. The zero-order chi connectivity index (χ0) is 10.9. The molecule has 78 valence electrons. The summed E-state index contributed by atoms with van der Waals surface area (Å²) in [6.07, 6.45) is 0.428. The fraction of sp³-hybridized carbons (Fsp3) is 0.700. The Hall–Kier alpha value is -0.605. The van der Waals surface area contributed by atoms with Gasteiger partial charge in [-0.1, -0.05) is 19.1 Å². The van der Waals surface area contributed by atoms with Gasteiger partial charge in [-0.3, -0.25) is 4.79 Å². The highest BCUT2D eigenvalue weighted by Crippen LogP contribution is 2.33. The van der Waals surface area contributed by atoms with Gasteiger partial charge in [-0.15, -0.1) is 0 Å². The Bertz CT molecular complexity index is 264. The first kappa shape index (κ1) is 11.5. The number of hydrogen-bond acceptors (Lipinski definition) is 3. The van der Waals surface area contributed by atoms with Crippen molar-refractivity contribution in [1.29, 1.82) is 0 Å². The van der Waals surface area contributed by atoms with E-state index in [2.05, 4.69) is 6.58 Å². The maximum Gasteiger partial charge on any atom is 0.457 e. The molecule has 0 amide bonds. The van der Waals surface area contributed by atoms with Crippen LogP contribution in [0.2, 0.25) is 6.32 Å². The van der Waals surface area contributed by atoms with E-state index in [9.17, 15) is 4.79 Å². The molecule has 1 fully saturated rings. The van der Waals surface area contributed by atoms with Crippen molar-refractivity contribution in [2.24, 2.45) is 0 Å². The van der Waals surface area contributed by atoms with Crippen LogP contribution in [0, 0.1) is 0 Å². The Morgan fingerprint density at radius 2 is 2.14 bits per heavy atom. The molecule has 1 saturated heterocycles. The minimum atomic E-state index is -0.855. The van der Waals surface area contributed by atoms with Crippen LogP contribution in [0.3, 0.4) is 0 Å². The van der Waals surface area contributed by atoms with E-state index in [0.717, 1.165) is 11.9 Å². The zero-order valence-electron chi connectivity index (χ0n) is 9.29. The Morgan fingerprint density at radius 1 is 1.57 bits per heavy atom. The summed E-state index contributed by atoms with van der Waals surface area (Å²) in [5, 5.41) is 0. The van der Waals surface area contributed by atoms with E-state index < -0.39 is 5.60 Å². The highest BCUT2D eigenvalue weighted by atomic mass is 16.7. The Labute approximate surface area is 85.6 Å². The lowest BCUT2D eigenvalue weighted by Gasteiger charge is -2.27. The first-order valence-corrected chi connectivity index (χ1v) is 4.91. The van der Waals surface area contributed by atoms with Crippen LogP contribution in [0.15, 0.2) is 12.2 Å². The first-order valence-electron chi connectivity index (χ1n) is 4.91. The standard InChI is InChI=1S/C10H17BO3/c1-6-11-13-9(7(2)3)10(5,14-11)8(4)12/h9H,2,6H2,1,3-5H3. The van der Waals surface area contributed by atoms with Gasteiger partial charge >= 0.3 is 7.12 Å². The molecule has 0 aromatic carbocycles. The van der Waals surface area contributed by atoms with Crippen molar-refractivity contribution in [2.75, 3.05) is 0 Å². The highest BCUT2D eigenvalue weighted by molar-refractivity contribution is 6.45. The minimum Gasteiger partial charge on any atom is -0.401 e. The van der Waals surface area contributed by atoms with Gasteiger partial charge in [0, 0.05) is 0 Å². The predicted octanol–water partition coefficient (Wildman–Crippen LogP) is 1.83. The van der Waals surface area contributed by atoms with Gasteiger partial charge in [-0.2, -0.15) is 0 Å². The fourth-order valence-corrected chi connectivity index (χ4v) is 1.68. The minimum absolute atomic E-state index is 0.0125. The lowest BCUT2D eigenvalue weighted by molar-refractivity contribution is -0.131. The molecule has 0 radical (unpaired) electrons. The van der Waals surface area contributed by atoms with Crippen LogP contribution in [-0.4, -0.2) is 24.6 Å². The monoisotopic (exact) mass is 196 g/mol. The molecule has 1 rings (SSSR count). The van der Waals surface area contributed by atoms with Gasteiger partial charge in [-0.05, 0) is 27.1 Å². The van der Waals surface area contributed by atoms with Crippen molar-refractivity contribution in [3.05, 3.63) is 12.2 Å². The summed E-state index contributed by atoms with van der Waals surface area (Å²) in [5.74, 6) is -0.0125. The van der Waals surface area contributed by atoms with Gasteiger partial charge in [0.25, 0.3) is 0 Å². The van der Waals surface area contributed by atoms with Crippen LogP contribution in [0.25, 0.3) is 0 Å². The molecular formula is C10H17BO3. The van der Waals surface area contributed by atoms with Crippen LogP contribution in [0.5, 0.6) is 0 Å². The molecule has 0 spiro atoms. The largest absolute Gasteiger partial charge is 0.457 e. The Balaban J connectivity index is 2.92. The molecule has 0 aromatic heterocycles. The fourth-order valence-electron chi connectivity index (χ4n) is 1.68. The topological polar surface area (TPSA) is 35.5 Å². The summed E-state index contributed by atoms with van der Waals surface area (Å²) in [6.45, 7) is 10.9. The van der Waals surface area contributed by atoms with Crippen molar-refractivity contribution in [3.63, 3.8) is 0 Å². The summed E-state index contributed by atoms with van der Waals surface area (Å²) in [4.78, 5) is 11.5. The van der Waals surface area contributed by atoms with Crippen molar-refractivity contribution >= 4 is 12.9 Å². The second-order valence-corrected chi connectivity index (χ2v) is 3.98. The quantitative estimate of drug-likeness (QED) is 0.510. The maximum atomic E-state index is 11.5. The van der Waals surface area contributed by atoms with Crippen LogP contribution in [-0.2, 0) is 14.1 Å². The van der Waals surface area contributed by atoms with Gasteiger partial charge in [-0.25, -0.2) is 0 Å². The molecular weight excluding hydrogens is 179 g/mol. The number of rotatable bonds is 3. The van der Waals surface area contributed by atoms with E-state index in [0.29, 0.717) is 0 Å². The molecule has 0 aromatic rings. The highest BCUT2D eigenvalue weighted by Gasteiger charge is 2.50. The third kappa shape index (κ3) is 1.77. The SMILES string of the molecule is C=C(C)C1OB(CC)OC1(C)C(C)=O. The van der Waals surface area contributed by atoms with Crippen molar-refractivity contribution in [2.45, 2.75) is 45.7 Å². The Kier molecular flexibility index (Phi) is 3.17. The molecule has 0 aliphatic carbocycles. The second-order valence-electron chi connectivity index (χ2n) is 3.98. The molecule has 2 unspecified atom stereocenters. The number of carbonyl (C=O) groups is 1. The van der Waals surface area contributed by atoms with E-state index in [1.165, 1.54) is 6.92 Å². The Morgan fingerprint density at radius 3 is 2.43 bits per heavy atom. The summed E-state index contributed by atoms with van der Waals surface area (Å²) in [6, 6.07) is 0. The number of hydrogen-bond donors (Lipinski definition) is 0. The average molecular weight is 196 g/mol. The molecule has 1 aliphatic rings. The molecule has 0 N–H and O–H groups in total. The molecule has 0 saturated carbocycles. The van der Waals surface area contributed by atoms with E-state index in [-0.39, 0.29) is 19.0 Å². The van der Waals surface area contributed by atoms with Crippen molar-refractivity contribution < 1.29 is 14.1 Å². The van der Waals surface area contributed by atoms with Crippen molar-refractivity contribution in [1.82, 2.24) is 0 Å². The molecule has 1 aliphatic heterocycles. The number of ketones is 1. The van der Waals surface area contributed by atoms with E-state index in [4.69, 9.17) is 9.31 Å². The average Bonchev–Trinajstić information content (AvgIpc) is 2.44. The number of carbonyl (C=O) groups excluding carboxylic acids is 1. The van der Waals surface area contributed by atoms with Gasteiger partial charge in [0.15, 0.2) is 5.78 Å². The maximum absolute atomic E-state index is 11.5. The van der Waals surface area contributed by atoms with Gasteiger partial charge in [0.2, 0.25) is 0 Å². The van der Waals surface area contributed by atoms with Crippen LogP contribution >= 0.6 is 0 Å². The van der Waals surface area contributed by atoms with Crippen LogP contribution in [0.4, 0.5) is 0 Å². The molecule has 0 bridgehead atoms. The normalized spacial score (nSPS) is 32.0. The zero-order valence-corrected chi connectivity index (χ0v) is 9.29. The third-order valence-corrected chi connectivity index (χ3v) is 2.64. The van der Waals surface area contributed by atoms with E-state index >= 15 is 0 Å². The van der Waals surface area contributed by atoms with Crippen molar-refractivity contribution in [3.8, 4) is 0 Å². The third-order valence-electron chi connectivity index (χ3n) is 2.64. The summed E-state index contributed by atoms with van der Waals surface area (Å²) < 4.78 is 11.2.